The highest BCUT2D eigenvalue weighted by Gasteiger charge is 2.44. The molecule has 0 N–H and O–H groups in total. The van der Waals surface area contributed by atoms with Crippen LogP contribution in [0.1, 0.15) is 0 Å². The lowest BCUT2D eigenvalue weighted by Gasteiger charge is -2.35. The Labute approximate surface area is 78.8 Å². The number of isocyanates is 2. The van der Waals surface area contributed by atoms with Crippen molar-refractivity contribution < 1.29 is 19.2 Å². The SMILES string of the molecule is O=C=N[B]N1C(=O)N([B]N=C=O)C1=O. The minimum atomic E-state index is -0.770. The third-order valence-corrected chi connectivity index (χ3v) is 1.28. The van der Waals surface area contributed by atoms with Gasteiger partial charge in [0.15, 0.2) is 0 Å². The topological polar surface area (TPSA) is 99.5 Å². The molecule has 14 heavy (non-hydrogen) atoms. The van der Waals surface area contributed by atoms with Crippen LogP contribution in [0.15, 0.2) is 9.81 Å². The summed E-state index contributed by atoms with van der Waals surface area (Å²) >= 11 is 0. The van der Waals surface area contributed by atoms with Gasteiger partial charge in [-0.1, -0.05) is 0 Å². The first-order valence-corrected chi connectivity index (χ1v) is 3.19. The van der Waals surface area contributed by atoms with Crippen molar-refractivity contribution in [3.8, 4) is 0 Å². The number of carbonyl (C=O) groups excluding carboxylic acids is 4. The van der Waals surface area contributed by atoms with Gasteiger partial charge in [0, 0.05) is 0 Å². The highest BCUT2D eigenvalue weighted by atomic mass is 16.2. The van der Waals surface area contributed by atoms with Gasteiger partial charge in [-0.2, -0.15) is 0 Å². The summed E-state index contributed by atoms with van der Waals surface area (Å²) in [6.07, 6.45) is 2.25. The van der Waals surface area contributed by atoms with Crippen molar-refractivity contribution in [1.82, 2.24) is 9.62 Å². The summed E-state index contributed by atoms with van der Waals surface area (Å²) < 4.78 is 0. The first-order chi connectivity index (χ1) is 6.72. The van der Waals surface area contributed by atoms with E-state index < -0.39 is 12.1 Å². The van der Waals surface area contributed by atoms with Crippen LogP contribution in [-0.4, -0.2) is 48.9 Å². The van der Waals surface area contributed by atoms with E-state index in [0.717, 1.165) is 12.2 Å². The largest absolute Gasteiger partial charge is 0.439 e. The summed E-state index contributed by atoms with van der Waals surface area (Å²) in [5, 5.41) is 0. The van der Waals surface area contributed by atoms with E-state index in [9.17, 15) is 19.2 Å². The lowest BCUT2D eigenvalue weighted by molar-refractivity contribution is 0.159. The van der Waals surface area contributed by atoms with E-state index in [-0.39, 0.29) is 0 Å². The lowest BCUT2D eigenvalue weighted by Crippen LogP contribution is -2.65. The fourth-order valence-electron chi connectivity index (χ4n) is 0.711. The molecule has 4 amide bonds. The van der Waals surface area contributed by atoms with Crippen molar-refractivity contribution in [3.63, 3.8) is 0 Å². The molecule has 0 unspecified atom stereocenters. The van der Waals surface area contributed by atoms with Crippen molar-refractivity contribution in [1.29, 1.82) is 0 Å². The molecule has 1 saturated heterocycles. The molecule has 1 heterocycles. The maximum atomic E-state index is 11.0. The van der Waals surface area contributed by atoms with Crippen molar-refractivity contribution in [2.45, 2.75) is 0 Å². The van der Waals surface area contributed by atoms with Crippen molar-refractivity contribution in [2.75, 3.05) is 0 Å². The Morgan fingerprint density at radius 3 is 1.57 bits per heavy atom. The van der Waals surface area contributed by atoms with Gasteiger partial charge >= 0.3 is 27.2 Å². The second kappa shape index (κ2) is 4.18. The van der Waals surface area contributed by atoms with Gasteiger partial charge in [-0.15, -0.1) is 0 Å². The van der Waals surface area contributed by atoms with E-state index in [1.165, 1.54) is 0 Å². The zero-order valence-corrected chi connectivity index (χ0v) is 6.58. The fourth-order valence-corrected chi connectivity index (χ4v) is 0.711. The third kappa shape index (κ3) is 1.61. The molecule has 2 radical (unpaired) electrons. The number of carbonyl (C=O) groups is 2. The Morgan fingerprint density at radius 2 is 1.29 bits per heavy atom. The minimum Gasteiger partial charge on any atom is -0.271 e. The van der Waals surface area contributed by atoms with E-state index in [1.807, 2.05) is 0 Å². The molecule has 1 fully saturated rings. The molecule has 66 valence electrons. The van der Waals surface area contributed by atoms with Gasteiger partial charge in [0.05, 0.1) is 0 Å². The molecule has 1 rings (SSSR count). The van der Waals surface area contributed by atoms with Crippen LogP contribution in [0.3, 0.4) is 0 Å². The summed E-state index contributed by atoms with van der Waals surface area (Å²) in [6, 6.07) is -1.54. The molecule has 8 nitrogen and oxygen atoms in total. The first-order valence-electron chi connectivity index (χ1n) is 3.19. The van der Waals surface area contributed by atoms with Gasteiger partial charge in [-0.25, -0.2) is 29.0 Å². The molecular formula is C4B2N4O4. The Morgan fingerprint density at radius 1 is 0.929 bits per heavy atom. The molecule has 0 aromatic carbocycles. The number of rotatable bonds is 4. The molecule has 0 aliphatic carbocycles. The third-order valence-electron chi connectivity index (χ3n) is 1.28. The van der Waals surface area contributed by atoms with Crippen LogP contribution in [0.5, 0.6) is 0 Å². The second-order valence-electron chi connectivity index (χ2n) is 1.98. The molecule has 0 bridgehead atoms. The quantitative estimate of drug-likeness (QED) is 0.308. The van der Waals surface area contributed by atoms with Crippen LogP contribution in [-0.2, 0) is 9.59 Å². The van der Waals surface area contributed by atoms with Crippen LogP contribution in [0.2, 0.25) is 0 Å². The minimum absolute atomic E-state index is 0.557. The smallest absolute Gasteiger partial charge is 0.271 e. The van der Waals surface area contributed by atoms with Crippen LogP contribution in [0, 0.1) is 0 Å². The van der Waals surface area contributed by atoms with E-state index in [2.05, 4.69) is 9.81 Å². The van der Waals surface area contributed by atoms with Gasteiger partial charge in [0.1, 0.15) is 0 Å². The number of hydrogen-bond acceptors (Lipinski definition) is 6. The molecule has 1 aliphatic rings. The number of hydrogen-bond donors (Lipinski definition) is 0. The Kier molecular flexibility index (Phi) is 2.96. The normalized spacial score (nSPS) is 13.7. The Bertz CT molecular complexity index is 324. The van der Waals surface area contributed by atoms with Crippen molar-refractivity contribution >= 4 is 39.3 Å². The van der Waals surface area contributed by atoms with Crippen molar-refractivity contribution in [2.24, 2.45) is 9.81 Å². The van der Waals surface area contributed by atoms with Gasteiger partial charge in [0.2, 0.25) is 12.2 Å². The molecular weight excluding hydrogens is 190 g/mol. The zero-order valence-electron chi connectivity index (χ0n) is 6.58. The molecule has 0 saturated carbocycles. The molecule has 0 aromatic rings. The van der Waals surface area contributed by atoms with E-state index in [4.69, 9.17) is 0 Å². The van der Waals surface area contributed by atoms with Gasteiger partial charge < -0.3 is 0 Å². The summed E-state index contributed by atoms with van der Waals surface area (Å²) in [5.41, 5.74) is 0. The average Bonchev–Trinajstić information content (AvgIpc) is 2.19. The average molecular weight is 190 g/mol. The monoisotopic (exact) mass is 190 g/mol. The summed E-state index contributed by atoms with van der Waals surface area (Å²) in [6.45, 7) is 0. The fraction of sp³-hybridized carbons (Fsp3) is 0. The van der Waals surface area contributed by atoms with Gasteiger partial charge in [-0.05, 0) is 0 Å². The van der Waals surface area contributed by atoms with Crippen LogP contribution >= 0.6 is 0 Å². The molecule has 0 atom stereocenters. The van der Waals surface area contributed by atoms with Gasteiger partial charge in [-0.3, -0.25) is 9.62 Å². The number of amides is 4. The number of urea groups is 2. The zero-order chi connectivity index (χ0) is 10.6. The second-order valence-corrected chi connectivity index (χ2v) is 1.98. The molecule has 0 aromatic heterocycles. The standard InChI is InChI=1S/C4B2N4O4/c11-1-7-5-9-3(13)10(4(9)14)6-8-2-12. The predicted molar refractivity (Wildman–Crippen MR) is 42.2 cm³/mol. The predicted octanol–water partition coefficient (Wildman–Crippen LogP) is -1.42. The van der Waals surface area contributed by atoms with Crippen LogP contribution in [0.4, 0.5) is 9.59 Å². The summed E-state index contributed by atoms with van der Waals surface area (Å²) in [4.78, 5) is 48.2. The molecule has 0 spiro atoms. The highest BCUT2D eigenvalue weighted by molar-refractivity contribution is 6.54. The van der Waals surface area contributed by atoms with Crippen molar-refractivity contribution in [3.05, 3.63) is 0 Å². The van der Waals surface area contributed by atoms with Crippen LogP contribution in [0.25, 0.3) is 0 Å². The number of imide groups is 2. The maximum absolute atomic E-state index is 11.0. The summed E-state index contributed by atoms with van der Waals surface area (Å²) in [5.74, 6) is 0. The Balaban J connectivity index is 2.56. The van der Waals surface area contributed by atoms with Crippen LogP contribution < -0.4 is 0 Å². The molecule has 10 heteroatoms. The highest BCUT2D eigenvalue weighted by Crippen LogP contribution is 2.12. The molecule has 1 aliphatic heterocycles. The summed E-state index contributed by atoms with van der Waals surface area (Å²) in [7, 11) is 1.43. The van der Waals surface area contributed by atoms with Gasteiger partial charge in [0.25, 0.3) is 0 Å². The van der Waals surface area contributed by atoms with E-state index >= 15 is 0 Å². The van der Waals surface area contributed by atoms with E-state index in [1.54, 1.807) is 0 Å². The first kappa shape index (κ1) is 9.91. The lowest BCUT2D eigenvalue weighted by atomic mass is 10.0. The Hall–Kier alpha value is -2.17. The number of nitrogens with zero attached hydrogens (tertiary/aromatic N) is 4. The maximum Gasteiger partial charge on any atom is 0.439 e. The van der Waals surface area contributed by atoms with E-state index in [0.29, 0.717) is 24.7 Å².